The Kier molecular flexibility index (Phi) is 4.73. The third-order valence-electron chi connectivity index (χ3n) is 1.82. The van der Waals surface area contributed by atoms with Gasteiger partial charge in [0.05, 0.1) is 9.30 Å². The topological polar surface area (TPSA) is 26.3 Å². The zero-order valence-corrected chi connectivity index (χ0v) is 11.1. The number of hydrogen-bond donors (Lipinski definition) is 0. The Morgan fingerprint density at radius 1 is 1.60 bits per heavy atom. The summed E-state index contributed by atoms with van der Waals surface area (Å²) in [5, 5.41) is 0. The van der Waals surface area contributed by atoms with Gasteiger partial charge in [-0.2, -0.15) is 0 Å². The average molecular weight is 340 g/mol. The molecule has 1 atom stereocenters. The lowest BCUT2D eigenvalue weighted by molar-refractivity contribution is -0.116. The van der Waals surface area contributed by atoms with Crippen LogP contribution >= 0.6 is 31.9 Å². The van der Waals surface area contributed by atoms with Crippen molar-refractivity contribution >= 4 is 37.6 Å². The van der Waals surface area contributed by atoms with Gasteiger partial charge in [0.2, 0.25) is 6.86 Å². The van der Waals surface area contributed by atoms with Gasteiger partial charge in [-0.3, -0.25) is 4.79 Å². The maximum atomic E-state index is 11.9. The van der Waals surface area contributed by atoms with Crippen LogP contribution in [0.1, 0.15) is 17.3 Å². The van der Waals surface area contributed by atoms with Crippen molar-refractivity contribution in [3.63, 3.8) is 0 Å². The fraction of sp³-hybridized carbons (Fsp3) is 0.300. The maximum Gasteiger partial charge on any atom is 0.228 e. The number of alkyl halides is 2. The normalized spacial score (nSPS) is 12.3. The first kappa shape index (κ1) is 12.6. The van der Waals surface area contributed by atoms with Crippen molar-refractivity contribution in [2.45, 2.75) is 11.8 Å². The van der Waals surface area contributed by atoms with E-state index in [2.05, 4.69) is 31.9 Å². The molecule has 0 N–H and O–H groups in total. The number of carbonyl (C=O) groups is 1. The second-order valence-corrected chi connectivity index (χ2v) is 4.69. The van der Waals surface area contributed by atoms with Gasteiger partial charge in [0, 0.05) is 0 Å². The number of Topliss-reactive ketones (excluding diaryl/α,β-unsaturated/α-hetero) is 1. The molecule has 0 saturated carbocycles. The highest BCUT2D eigenvalue weighted by atomic mass is 79.9. The molecule has 1 aromatic rings. The molecule has 0 amide bonds. The molecule has 0 aromatic heterocycles. The number of ether oxygens (including phenoxy) is 1. The van der Waals surface area contributed by atoms with Crippen LogP contribution in [0.5, 0.6) is 5.75 Å². The molecule has 0 saturated heterocycles. The minimum atomic E-state index is -0.873. The Balaban J connectivity index is 2.95. The molecule has 0 bridgehead atoms. The van der Waals surface area contributed by atoms with Gasteiger partial charge in [-0.05, 0) is 40.5 Å². The predicted molar refractivity (Wildman–Crippen MR) is 63.1 cm³/mol. The van der Waals surface area contributed by atoms with E-state index in [0.29, 0.717) is 10.2 Å². The number of hydrogen-bond acceptors (Lipinski definition) is 2. The highest BCUT2D eigenvalue weighted by Crippen LogP contribution is 2.31. The summed E-state index contributed by atoms with van der Waals surface area (Å²) >= 11 is 6.50. The minimum Gasteiger partial charge on any atom is -0.462 e. The maximum absolute atomic E-state index is 11.9. The van der Waals surface area contributed by atoms with Crippen molar-refractivity contribution in [1.29, 1.82) is 0 Å². The molecular weight excluding hydrogens is 331 g/mol. The van der Waals surface area contributed by atoms with Crippen LogP contribution < -0.4 is 4.74 Å². The molecule has 0 aliphatic carbocycles. The van der Waals surface area contributed by atoms with E-state index in [0.717, 1.165) is 5.56 Å². The van der Waals surface area contributed by atoms with Crippen molar-refractivity contribution in [3.8, 4) is 5.75 Å². The number of halogens is 3. The molecule has 1 aromatic carbocycles. The van der Waals surface area contributed by atoms with E-state index in [1.165, 1.54) is 6.92 Å². The van der Waals surface area contributed by atoms with Gasteiger partial charge < -0.3 is 4.74 Å². The molecule has 0 aliphatic heterocycles. The van der Waals surface area contributed by atoms with Gasteiger partial charge in [-0.25, -0.2) is 4.39 Å². The first-order chi connectivity index (χ1) is 7.06. The van der Waals surface area contributed by atoms with Crippen LogP contribution in [0.25, 0.3) is 0 Å². The van der Waals surface area contributed by atoms with E-state index in [1.54, 1.807) is 18.2 Å². The second-order valence-electron chi connectivity index (χ2n) is 2.92. The molecular formula is C10H9Br2FO2. The van der Waals surface area contributed by atoms with Crippen molar-refractivity contribution in [3.05, 3.63) is 28.2 Å². The van der Waals surface area contributed by atoms with Crippen molar-refractivity contribution < 1.29 is 13.9 Å². The summed E-state index contributed by atoms with van der Waals surface area (Å²) in [6.45, 7) is 0.627. The van der Waals surface area contributed by atoms with E-state index in [-0.39, 0.29) is 10.6 Å². The van der Waals surface area contributed by atoms with Gasteiger partial charge in [0.1, 0.15) is 11.5 Å². The van der Waals surface area contributed by atoms with E-state index in [1.807, 2.05) is 0 Å². The van der Waals surface area contributed by atoms with Gasteiger partial charge in [-0.1, -0.05) is 22.0 Å². The fourth-order valence-electron chi connectivity index (χ4n) is 1.09. The largest absolute Gasteiger partial charge is 0.462 e. The van der Waals surface area contributed by atoms with Crippen molar-refractivity contribution in [2.75, 3.05) is 6.86 Å². The Morgan fingerprint density at radius 2 is 2.27 bits per heavy atom. The summed E-state index contributed by atoms with van der Waals surface area (Å²) in [4.78, 5) is 10.8. The van der Waals surface area contributed by atoms with E-state index >= 15 is 0 Å². The van der Waals surface area contributed by atoms with Crippen molar-refractivity contribution in [1.82, 2.24) is 0 Å². The highest BCUT2D eigenvalue weighted by Gasteiger charge is 2.14. The summed E-state index contributed by atoms with van der Waals surface area (Å²) in [5.74, 6) is 0.436. The average Bonchev–Trinajstić information content (AvgIpc) is 2.20. The number of rotatable bonds is 4. The first-order valence-corrected chi connectivity index (χ1v) is 5.90. The first-order valence-electron chi connectivity index (χ1n) is 4.19. The zero-order valence-electron chi connectivity index (χ0n) is 7.97. The summed E-state index contributed by atoms with van der Waals surface area (Å²) in [6, 6.07) is 5.07. The lowest BCUT2D eigenvalue weighted by atomic mass is 10.1. The van der Waals surface area contributed by atoms with Gasteiger partial charge in [0.15, 0.2) is 0 Å². The smallest absolute Gasteiger partial charge is 0.228 e. The van der Waals surface area contributed by atoms with Crippen LogP contribution in [0.4, 0.5) is 4.39 Å². The third kappa shape index (κ3) is 3.28. The van der Waals surface area contributed by atoms with E-state index < -0.39 is 6.86 Å². The lowest BCUT2D eigenvalue weighted by Crippen LogP contribution is -2.01. The molecule has 0 radical (unpaired) electrons. The quantitative estimate of drug-likeness (QED) is 0.780. The van der Waals surface area contributed by atoms with Crippen molar-refractivity contribution in [2.24, 2.45) is 0 Å². The fourth-order valence-corrected chi connectivity index (χ4v) is 1.88. The Labute approximate surface area is 104 Å². The minimum absolute atomic E-state index is 0.0149. The Bertz CT molecular complexity index is 368. The van der Waals surface area contributed by atoms with Crippen LogP contribution in [0.15, 0.2) is 22.7 Å². The SMILES string of the molecule is CC(=O)C(Br)c1ccc(OCF)c(Br)c1. The molecule has 5 heteroatoms. The van der Waals surface area contributed by atoms with Crippen LogP contribution in [0.3, 0.4) is 0 Å². The number of carbonyl (C=O) groups excluding carboxylic acids is 1. The summed E-state index contributed by atoms with van der Waals surface area (Å²) < 4.78 is 17.3. The number of benzene rings is 1. The molecule has 15 heavy (non-hydrogen) atoms. The Morgan fingerprint density at radius 3 is 2.73 bits per heavy atom. The molecule has 0 fully saturated rings. The van der Waals surface area contributed by atoms with E-state index in [4.69, 9.17) is 4.74 Å². The van der Waals surface area contributed by atoms with Gasteiger partial charge in [-0.15, -0.1) is 0 Å². The molecule has 0 spiro atoms. The van der Waals surface area contributed by atoms with Gasteiger partial charge in [0.25, 0.3) is 0 Å². The molecule has 0 aliphatic rings. The Hall–Kier alpha value is -0.420. The molecule has 0 heterocycles. The van der Waals surface area contributed by atoms with Crippen LogP contribution in [0, 0.1) is 0 Å². The molecule has 1 unspecified atom stereocenters. The molecule has 2 nitrogen and oxygen atoms in total. The summed E-state index contributed by atoms with van der Waals surface area (Å²) in [6.07, 6.45) is 0. The number of ketones is 1. The monoisotopic (exact) mass is 338 g/mol. The molecule has 1 rings (SSSR count). The van der Waals surface area contributed by atoms with Crippen LogP contribution in [0.2, 0.25) is 0 Å². The predicted octanol–water partition coefficient (Wildman–Crippen LogP) is 3.78. The summed E-state index contributed by atoms with van der Waals surface area (Å²) in [7, 11) is 0. The zero-order chi connectivity index (χ0) is 11.4. The second kappa shape index (κ2) is 5.61. The third-order valence-corrected chi connectivity index (χ3v) is 3.61. The van der Waals surface area contributed by atoms with Gasteiger partial charge >= 0.3 is 0 Å². The highest BCUT2D eigenvalue weighted by molar-refractivity contribution is 9.10. The molecule has 82 valence electrons. The van der Waals surface area contributed by atoms with Crippen LogP contribution in [-0.2, 0) is 4.79 Å². The summed E-state index contributed by atoms with van der Waals surface area (Å²) in [5.41, 5.74) is 0.806. The standard InChI is InChI=1S/C10H9Br2FO2/c1-6(14)10(12)7-2-3-9(15-5-13)8(11)4-7/h2-4,10H,5H2,1H3. The lowest BCUT2D eigenvalue weighted by Gasteiger charge is -2.09. The van der Waals surface area contributed by atoms with Crippen LogP contribution in [-0.4, -0.2) is 12.6 Å². The van der Waals surface area contributed by atoms with E-state index in [9.17, 15) is 9.18 Å².